The van der Waals surface area contributed by atoms with Crippen LogP contribution in [0.25, 0.3) is 0 Å². The van der Waals surface area contributed by atoms with Crippen molar-refractivity contribution in [3.63, 3.8) is 0 Å². The van der Waals surface area contributed by atoms with Crippen molar-refractivity contribution in [1.82, 2.24) is 0 Å². The van der Waals surface area contributed by atoms with E-state index in [1.165, 1.54) is 31.2 Å². The van der Waals surface area contributed by atoms with E-state index in [1.54, 1.807) is 7.11 Å². The zero-order valence-electron chi connectivity index (χ0n) is 14.7. The molecule has 0 amide bonds. The number of methoxy groups -OCH3 is 1. The first kappa shape index (κ1) is 17.9. The summed E-state index contributed by atoms with van der Waals surface area (Å²) in [6.45, 7) is 2.23. The molecule has 2 nitrogen and oxygen atoms in total. The third-order valence-electron chi connectivity index (χ3n) is 3.94. The summed E-state index contributed by atoms with van der Waals surface area (Å²) >= 11 is 0. The SMILES string of the molecule is CCCCCCC#C[C@H](Nc1ccc(OC)cc1)c1ccccc1. The van der Waals surface area contributed by atoms with E-state index in [9.17, 15) is 0 Å². The van der Waals surface area contributed by atoms with Crippen LogP contribution in [-0.4, -0.2) is 7.11 Å². The van der Waals surface area contributed by atoms with Gasteiger partial charge in [0.05, 0.1) is 7.11 Å². The highest BCUT2D eigenvalue weighted by Crippen LogP contribution is 2.21. The van der Waals surface area contributed by atoms with Crippen LogP contribution in [0.1, 0.15) is 50.6 Å². The van der Waals surface area contributed by atoms with Crippen LogP contribution in [0, 0.1) is 11.8 Å². The molecule has 0 aliphatic carbocycles. The fourth-order valence-electron chi connectivity index (χ4n) is 2.52. The first-order chi connectivity index (χ1) is 11.8. The lowest BCUT2D eigenvalue weighted by atomic mass is 10.1. The predicted molar refractivity (Wildman–Crippen MR) is 102 cm³/mol. The third-order valence-corrected chi connectivity index (χ3v) is 3.94. The minimum atomic E-state index is 0.00534. The van der Waals surface area contributed by atoms with Crippen molar-refractivity contribution in [3.05, 3.63) is 60.2 Å². The van der Waals surface area contributed by atoms with Gasteiger partial charge in [-0.1, -0.05) is 62.4 Å². The second kappa shape index (κ2) is 10.4. The van der Waals surface area contributed by atoms with Gasteiger partial charge in [-0.25, -0.2) is 0 Å². The van der Waals surface area contributed by atoms with Gasteiger partial charge >= 0.3 is 0 Å². The van der Waals surface area contributed by atoms with E-state index in [2.05, 4.69) is 48.3 Å². The van der Waals surface area contributed by atoms with Gasteiger partial charge in [0.1, 0.15) is 11.8 Å². The molecule has 0 saturated carbocycles. The molecular weight excluding hydrogens is 294 g/mol. The molecule has 0 fully saturated rings. The van der Waals surface area contributed by atoms with E-state index < -0.39 is 0 Å². The van der Waals surface area contributed by atoms with Gasteiger partial charge in [-0.05, 0) is 36.2 Å². The Balaban J connectivity index is 2.04. The smallest absolute Gasteiger partial charge is 0.119 e. The summed E-state index contributed by atoms with van der Waals surface area (Å²) in [4.78, 5) is 0. The van der Waals surface area contributed by atoms with Gasteiger partial charge in [-0.15, -0.1) is 5.92 Å². The monoisotopic (exact) mass is 321 g/mol. The van der Waals surface area contributed by atoms with Gasteiger partial charge in [-0.3, -0.25) is 0 Å². The van der Waals surface area contributed by atoms with Crippen LogP contribution >= 0.6 is 0 Å². The molecule has 2 heteroatoms. The van der Waals surface area contributed by atoms with Crippen LogP contribution in [0.3, 0.4) is 0 Å². The summed E-state index contributed by atoms with van der Waals surface area (Å²) in [5, 5.41) is 3.52. The molecule has 0 heterocycles. The van der Waals surface area contributed by atoms with Crippen LogP contribution in [0.4, 0.5) is 5.69 Å². The molecule has 1 atom stereocenters. The lowest BCUT2D eigenvalue weighted by molar-refractivity contribution is 0.415. The van der Waals surface area contributed by atoms with Crippen LogP contribution < -0.4 is 10.1 Å². The van der Waals surface area contributed by atoms with E-state index in [1.807, 2.05) is 30.3 Å². The maximum Gasteiger partial charge on any atom is 0.119 e. The van der Waals surface area contributed by atoms with Gasteiger partial charge in [0, 0.05) is 12.1 Å². The molecule has 2 aromatic rings. The fourth-order valence-corrected chi connectivity index (χ4v) is 2.52. The molecule has 2 aromatic carbocycles. The standard InChI is InChI=1S/C22H27NO/c1-3-4-5-6-7-11-14-22(19-12-9-8-10-13-19)23-20-15-17-21(24-2)18-16-20/h8-10,12-13,15-18,22-23H,3-7H2,1-2H3/t22-/m0/s1. The quantitative estimate of drug-likeness (QED) is 0.488. The number of hydrogen-bond donors (Lipinski definition) is 1. The molecule has 0 saturated heterocycles. The maximum absolute atomic E-state index is 5.21. The van der Waals surface area contributed by atoms with Crippen molar-refractivity contribution in [1.29, 1.82) is 0 Å². The number of benzene rings is 2. The highest BCUT2D eigenvalue weighted by molar-refractivity contribution is 5.50. The van der Waals surface area contributed by atoms with Crippen LogP contribution in [0.2, 0.25) is 0 Å². The zero-order valence-corrected chi connectivity index (χ0v) is 14.7. The van der Waals surface area contributed by atoms with Crippen LogP contribution in [0.15, 0.2) is 54.6 Å². The van der Waals surface area contributed by atoms with E-state index in [-0.39, 0.29) is 6.04 Å². The minimum absolute atomic E-state index is 0.00534. The predicted octanol–water partition coefficient (Wildman–Crippen LogP) is 5.82. The van der Waals surface area contributed by atoms with Gasteiger partial charge in [0.25, 0.3) is 0 Å². The summed E-state index contributed by atoms with van der Waals surface area (Å²) in [5.74, 6) is 7.61. The Labute approximate surface area is 146 Å². The molecule has 0 radical (unpaired) electrons. The molecule has 24 heavy (non-hydrogen) atoms. The Morgan fingerprint density at radius 3 is 2.38 bits per heavy atom. The van der Waals surface area contributed by atoms with E-state index >= 15 is 0 Å². The Hall–Kier alpha value is -2.40. The average Bonchev–Trinajstić information content (AvgIpc) is 2.65. The number of rotatable bonds is 8. The number of anilines is 1. The summed E-state index contributed by atoms with van der Waals surface area (Å²) in [6.07, 6.45) is 5.98. The summed E-state index contributed by atoms with van der Waals surface area (Å²) in [6, 6.07) is 18.4. The number of unbranched alkanes of at least 4 members (excludes halogenated alkanes) is 4. The molecule has 0 spiro atoms. The van der Waals surface area contributed by atoms with Crippen LogP contribution in [0.5, 0.6) is 5.75 Å². The van der Waals surface area contributed by atoms with Crippen molar-refractivity contribution < 1.29 is 4.74 Å². The number of hydrogen-bond acceptors (Lipinski definition) is 2. The van der Waals surface area contributed by atoms with Gasteiger partial charge < -0.3 is 10.1 Å². The second-order valence-electron chi connectivity index (χ2n) is 5.85. The molecule has 0 bridgehead atoms. The van der Waals surface area contributed by atoms with Crippen molar-refractivity contribution in [2.45, 2.75) is 45.1 Å². The average molecular weight is 321 g/mol. The van der Waals surface area contributed by atoms with Crippen molar-refractivity contribution >= 4 is 5.69 Å². The second-order valence-corrected chi connectivity index (χ2v) is 5.85. The molecule has 0 aliphatic rings. The Bertz CT molecular complexity index is 637. The maximum atomic E-state index is 5.21. The molecule has 0 aromatic heterocycles. The topological polar surface area (TPSA) is 21.3 Å². The third kappa shape index (κ3) is 6.01. The minimum Gasteiger partial charge on any atom is -0.497 e. The van der Waals surface area contributed by atoms with Gasteiger partial charge in [0.2, 0.25) is 0 Å². The van der Waals surface area contributed by atoms with E-state index in [0.717, 1.165) is 17.9 Å². The molecule has 126 valence electrons. The first-order valence-electron chi connectivity index (χ1n) is 8.77. The zero-order chi connectivity index (χ0) is 17.0. The molecule has 0 unspecified atom stereocenters. The lowest BCUT2D eigenvalue weighted by Gasteiger charge is -2.15. The Kier molecular flexibility index (Phi) is 7.77. The molecule has 2 rings (SSSR count). The first-order valence-corrected chi connectivity index (χ1v) is 8.77. The van der Waals surface area contributed by atoms with Crippen molar-refractivity contribution in [2.75, 3.05) is 12.4 Å². The van der Waals surface area contributed by atoms with Crippen LogP contribution in [-0.2, 0) is 0 Å². The molecule has 1 N–H and O–H groups in total. The van der Waals surface area contributed by atoms with E-state index in [0.29, 0.717) is 0 Å². The van der Waals surface area contributed by atoms with Crippen molar-refractivity contribution in [2.24, 2.45) is 0 Å². The lowest BCUT2D eigenvalue weighted by Crippen LogP contribution is -2.08. The fraction of sp³-hybridized carbons (Fsp3) is 0.364. The normalized spacial score (nSPS) is 11.2. The number of ether oxygens (including phenoxy) is 1. The summed E-state index contributed by atoms with van der Waals surface area (Å²) in [7, 11) is 1.68. The molecular formula is C22H27NO. The largest absolute Gasteiger partial charge is 0.497 e. The Morgan fingerprint density at radius 2 is 1.71 bits per heavy atom. The number of nitrogens with one attached hydrogen (secondary N) is 1. The Morgan fingerprint density at radius 1 is 0.958 bits per heavy atom. The highest BCUT2D eigenvalue weighted by atomic mass is 16.5. The van der Waals surface area contributed by atoms with Crippen molar-refractivity contribution in [3.8, 4) is 17.6 Å². The van der Waals surface area contributed by atoms with Gasteiger partial charge in [0.15, 0.2) is 0 Å². The summed E-state index contributed by atoms with van der Waals surface area (Å²) in [5.41, 5.74) is 2.24. The summed E-state index contributed by atoms with van der Waals surface area (Å²) < 4.78 is 5.21. The molecule has 0 aliphatic heterocycles. The highest BCUT2D eigenvalue weighted by Gasteiger charge is 2.07. The van der Waals surface area contributed by atoms with Gasteiger partial charge in [-0.2, -0.15) is 0 Å². The van der Waals surface area contributed by atoms with E-state index in [4.69, 9.17) is 4.74 Å².